The largest absolute Gasteiger partial charge is 0.481 e. The molecule has 0 fully saturated rings. The van der Waals surface area contributed by atoms with E-state index >= 15 is 0 Å². The number of carbonyl (C=O) groups is 1. The number of benzene rings is 1. The summed E-state index contributed by atoms with van der Waals surface area (Å²) in [6, 6.07) is 13.7. The summed E-state index contributed by atoms with van der Waals surface area (Å²) in [6.07, 6.45) is 8.58. The van der Waals surface area contributed by atoms with E-state index in [1.54, 1.807) is 24.1 Å². The number of pyridine rings is 2. The van der Waals surface area contributed by atoms with Gasteiger partial charge in [0.1, 0.15) is 5.82 Å². The second kappa shape index (κ2) is 10.1. The Labute approximate surface area is 204 Å². The van der Waals surface area contributed by atoms with Crippen molar-refractivity contribution in [3.05, 3.63) is 77.2 Å². The first-order chi connectivity index (χ1) is 17.1. The van der Waals surface area contributed by atoms with Crippen molar-refractivity contribution < 1.29 is 14.6 Å². The molecular weight excluding hydrogens is 442 g/mol. The lowest BCUT2D eigenvalue weighted by molar-refractivity contribution is -0.137. The number of aromatic nitrogens is 4. The molecule has 1 atom stereocenters. The minimum absolute atomic E-state index is 0.0858. The maximum atomic E-state index is 11.6. The standard InChI is InChI=1S/C27H29N5O3/c1-35-25-12-10-20(16-29-25)24(15-26(33)34)32-17-21-8-7-18(14-23(21)31-32)4-2-6-22-11-9-19-5-3-13-28-27(19)30-22/h7-12,14,16-17,24H,2-6,13,15H2,1H3,(H,28,30)(H,33,34). The van der Waals surface area contributed by atoms with Crippen LogP contribution >= 0.6 is 0 Å². The first kappa shape index (κ1) is 22.8. The topological polar surface area (TPSA) is 102 Å². The molecule has 0 saturated carbocycles. The molecule has 180 valence electrons. The van der Waals surface area contributed by atoms with Gasteiger partial charge in [0.2, 0.25) is 5.88 Å². The predicted octanol–water partition coefficient (Wildman–Crippen LogP) is 4.43. The van der Waals surface area contributed by atoms with Crippen molar-refractivity contribution in [1.29, 1.82) is 0 Å². The SMILES string of the molecule is COc1ccc(C(CC(=O)O)n2cc3ccc(CCCc4ccc5c(n4)NCCC5)cc3n2)cn1. The highest BCUT2D eigenvalue weighted by molar-refractivity contribution is 5.79. The Morgan fingerprint density at radius 1 is 1.20 bits per heavy atom. The van der Waals surface area contributed by atoms with Crippen LogP contribution in [0.2, 0.25) is 0 Å². The molecule has 0 spiro atoms. The summed E-state index contributed by atoms with van der Waals surface area (Å²) in [4.78, 5) is 20.6. The molecule has 1 aliphatic heterocycles. The van der Waals surface area contributed by atoms with Crippen LogP contribution in [0.5, 0.6) is 5.88 Å². The number of fused-ring (bicyclic) bond motifs is 2. The van der Waals surface area contributed by atoms with Gasteiger partial charge >= 0.3 is 5.97 Å². The first-order valence-electron chi connectivity index (χ1n) is 12.0. The van der Waals surface area contributed by atoms with Gasteiger partial charge in [0.15, 0.2) is 0 Å². The zero-order chi connectivity index (χ0) is 24.2. The van der Waals surface area contributed by atoms with Crippen molar-refractivity contribution >= 4 is 22.7 Å². The van der Waals surface area contributed by atoms with Gasteiger partial charge < -0.3 is 15.2 Å². The smallest absolute Gasteiger partial charge is 0.305 e. The fourth-order valence-corrected chi connectivity index (χ4v) is 4.62. The van der Waals surface area contributed by atoms with Gasteiger partial charge in [0, 0.05) is 36.1 Å². The molecule has 0 saturated heterocycles. The number of aryl methyl sites for hydroxylation is 3. The van der Waals surface area contributed by atoms with E-state index in [-0.39, 0.29) is 6.42 Å². The highest BCUT2D eigenvalue weighted by Crippen LogP contribution is 2.26. The van der Waals surface area contributed by atoms with Crippen LogP contribution in [0.1, 0.15) is 47.7 Å². The lowest BCUT2D eigenvalue weighted by Gasteiger charge is -2.17. The Kier molecular flexibility index (Phi) is 6.61. The monoisotopic (exact) mass is 471 g/mol. The number of methoxy groups -OCH3 is 1. The molecule has 4 aromatic rings. The third kappa shape index (κ3) is 5.26. The molecule has 1 aliphatic rings. The molecule has 1 aromatic carbocycles. The first-order valence-corrected chi connectivity index (χ1v) is 12.0. The van der Waals surface area contributed by atoms with Crippen molar-refractivity contribution in [2.45, 2.75) is 44.6 Å². The molecule has 4 heterocycles. The summed E-state index contributed by atoms with van der Waals surface area (Å²) in [5, 5.41) is 18.6. The van der Waals surface area contributed by atoms with Gasteiger partial charge in [-0.2, -0.15) is 5.10 Å². The van der Waals surface area contributed by atoms with E-state index in [0.29, 0.717) is 5.88 Å². The van der Waals surface area contributed by atoms with E-state index in [9.17, 15) is 9.90 Å². The molecule has 5 rings (SSSR count). The maximum absolute atomic E-state index is 11.6. The number of aliphatic carboxylic acids is 1. The second-order valence-electron chi connectivity index (χ2n) is 8.94. The van der Waals surface area contributed by atoms with Crippen LogP contribution in [0.3, 0.4) is 0 Å². The number of ether oxygens (including phenoxy) is 1. The molecule has 0 aliphatic carbocycles. The number of nitrogens with zero attached hydrogens (tertiary/aromatic N) is 4. The fourth-order valence-electron chi connectivity index (χ4n) is 4.62. The minimum atomic E-state index is -0.892. The Morgan fingerprint density at radius 2 is 2.11 bits per heavy atom. The van der Waals surface area contributed by atoms with Crippen LogP contribution in [-0.2, 0) is 24.1 Å². The van der Waals surface area contributed by atoms with E-state index in [2.05, 4.69) is 40.6 Å². The molecule has 0 radical (unpaired) electrons. The van der Waals surface area contributed by atoms with Crippen molar-refractivity contribution in [2.75, 3.05) is 19.0 Å². The average Bonchev–Trinajstić information content (AvgIpc) is 3.30. The van der Waals surface area contributed by atoms with Gasteiger partial charge in [-0.1, -0.05) is 18.2 Å². The van der Waals surface area contributed by atoms with Crippen LogP contribution in [-0.4, -0.2) is 44.5 Å². The number of rotatable bonds is 9. The van der Waals surface area contributed by atoms with Crippen LogP contribution in [0.25, 0.3) is 10.9 Å². The predicted molar refractivity (Wildman–Crippen MR) is 134 cm³/mol. The van der Waals surface area contributed by atoms with Crippen LogP contribution in [0.4, 0.5) is 5.82 Å². The number of anilines is 1. The number of hydrogen-bond acceptors (Lipinski definition) is 6. The van der Waals surface area contributed by atoms with Gasteiger partial charge in [-0.3, -0.25) is 9.48 Å². The Hall–Kier alpha value is -3.94. The van der Waals surface area contributed by atoms with Crippen molar-refractivity contribution in [3.8, 4) is 5.88 Å². The molecule has 8 nitrogen and oxygen atoms in total. The lowest BCUT2D eigenvalue weighted by Crippen LogP contribution is -2.16. The number of carboxylic acids is 1. The third-order valence-electron chi connectivity index (χ3n) is 6.48. The second-order valence-corrected chi connectivity index (χ2v) is 8.94. The molecule has 2 N–H and O–H groups in total. The van der Waals surface area contributed by atoms with Gasteiger partial charge in [0.05, 0.1) is 25.1 Å². The zero-order valence-electron chi connectivity index (χ0n) is 19.8. The summed E-state index contributed by atoms with van der Waals surface area (Å²) in [5.74, 6) is 0.640. The summed E-state index contributed by atoms with van der Waals surface area (Å²) < 4.78 is 6.86. The van der Waals surface area contributed by atoms with Gasteiger partial charge in [-0.05, 0) is 67.0 Å². The summed E-state index contributed by atoms with van der Waals surface area (Å²) in [7, 11) is 1.55. The Morgan fingerprint density at radius 3 is 2.91 bits per heavy atom. The summed E-state index contributed by atoms with van der Waals surface area (Å²) >= 11 is 0. The highest BCUT2D eigenvalue weighted by Gasteiger charge is 2.20. The highest BCUT2D eigenvalue weighted by atomic mass is 16.5. The number of nitrogens with one attached hydrogen (secondary N) is 1. The van der Waals surface area contributed by atoms with Gasteiger partial charge in [-0.25, -0.2) is 9.97 Å². The van der Waals surface area contributed by atoms with E-state index in [1.807, 2.05) is 12.3 Å². The number of carboxylic acid groups (broad SMARTS) is 1. The Balaban J connectivity index is 1.29. The van der Waals surface area contributed by atoms with E-state index in [1.165, 1.54) is 17.5 Å². The van der Waals surface area contributed by atoms with Crippen LogP contribution in [0, 0.1) is 0 Å². The van der Waals surface area contributed by atoms with E-state index in [0.717, 1.165) is 60.2 Å². The molecule has 0 bridgehead atoms. The molecule has 0 amide bonds. The lowest BCUT2D eigenvalue weighted by atomic mass is 10.0. The van der Waals surface area contributed by atoms with Gasteiger partial charge in [0.25, 0.3) is 0 Å². The Bertz CT molecular complexity index is 1330. The third-order valence-corrected chi connectivity index (χ3v) is 6.48. The average molecular weight is 472 g/mol. The molecule has 1 unspecified atom stereocenters. The van der Waals surface area contributed by atoms with Gasteiger partial charge in [-0.15, -0.1) is 0 Å². The summed E-state index contributed by atoms with van der Waals surface area (Å²) in [5.41, 5.74) is 5.27. The minimum Gasteiger partial charge on any atom is -0.481 e. The molecule has 3 aromatic heterocycles. The number of hydrogen-bond donors (Lipinski definition) is 2. The van der Waals surface area contributed by atoms with Crippen LogP contribution < -0.4 is 10.1 Å². The van der Waals surface area contributed by atoms with Crippen molar-refractivity contribution in [2.24, 2.45) is 0 Å². The fraction of sp³-hybridized carbons (Fsp3) is 0.333. The zero-order valence-corrected chi connectivity index (χ0v) is 19.8. The molecule has 35 heavy (non-hydrogen) atoms. The maximum Gasteiger partial charge on any atom is 0.305 e. The normalized spacial score (nSPS) is 13.7. The van der Waals surface area contributed by atoms with E-state index in [4.69, 9.17) is 14.8 Å². The van der Waals surface area contributed by atoms with Crippen molar-refractivity contribution in [3.63, 3.8) is 0 Å². The molecule has 8 heteroatoms. The quantitative estimate of drug-likeness (QED) is 0.372. The molecular formula is C27H29N5O3. The summed E-state index contributed by atoms with van der Waals surface area (Å²) in [6.45, 7) is 0.998. The van der Waals surface area contributed by atoms with Crippen molar-refractivity contribution in [1.82, 2.24) is 19.7 Å². The van der Waals surface area contributed by atoms with E-state index < -0.39 is 12.0 Å². The van der Waals surface area contributed by atoms with Crippen LogP contribution in [0.15, 0.2) is 54.9 Å².